The summed E-state index contributed by atoms with van der Waals surface area (Å²) in [4.78, 5) is 1.17. The molecule has 0 bridgehead atoms. The number of aryl methyl sites for hydroxylation is 1. The Morgan fingerprint density at radius 1 is 1.62 bits per heavy atom. The van der Waals surface area contributed by atoms with E-state index in [-0.39, 0.29) is 6.17 Å². The maximum Gasteiger partial charge on any atom is 0.245 e. The summed E-state index contributed by atoms with van der Waals surface area (Å²) in [6.07, 6.45) is 1.21. The van der Waals surface area contributed by atoms with Crippen molar-refractivity contribution in [2.75, 3.05) is 6.54 Å². The molecule has 0 spiro atoms. The second kappa shape index (κ2) is 4.38. The highest BCUT2D eigenvalue weighted by Gasteiger charge is 2.34. The average Bonchev–Trinajstić information content (AvgIpc) is 2.72. The Kier molecular flexibility index (Phi) is 3.42. The number of rotatable bonds is 2. The van der Waals surface area contributed by atoms with Crippen LogP contribution in [0.15, 0.2) is 14.7 Å². The van der Waals surface area contributed by atoms with Crippen molar-refractivity contribution in [1.29, 1.82) is 0 Å². The number of halogens is 1. The predicted molar refractivity (Wildman–Crippen MR) is 67.9 cm³/mol. The molecule has 0 aliphatic carbocycles. The van der Waals surface area contributed by atoms with E-state index >= 15 is 0 Å². The Balaban J connectivity index is 2.42. The highest BCUT2D eigenvalue weighted by Crippen LogP contribution is 2.33. The minimum absolute atomic E-state index is 0.372. The smallest absolute Gasteiger partial charge is 0.245 e. The van der Waals surface area contributed by atoms with Crippen molar-refractivity contribution >= 4 is 37.3 Å². The van der Waals surface area contributed by atoms with Crippen LogP contribution in [-0.2, 0) is 10.0 Å². The van der Waals surface area contributed by atoms with E-state index in [4.69, 9.17) is 5.73 Å². The van der Waals surface area contributed by atoms with Crippen LogP contribution in [0.25, 0.3) is 0 Å². The van der Waals surface area contributed by atoms with E-state index < -0.39 is 10.0 Å². The van der Waals surface area contributed by atoms with Gasteiger partial charge in [-0.15, -0.1) is 11.3 Å². The summed E-state index contributed by atoms with van der Waals surface area (Å²) in [5.41, 5.74) is 5.80. The summed E-state index contributed by atoms with van der Waals surface area (Å²) in [5, 5.41) is 0. The molecule has 16 heavy (non-hydrogen) atoms. The lowest BCUT2D eigenvalue weighted by Crippen LogP contribution is -2.40. The van der Waals surface area contributed by atoms with Gasteiger partial charge in [0.15, 0.2) is 0 Å². The highest BCUT2D eigenvalue weighted by molar-refractivity contribution is 9.11. The van der Waals surface area contributed by atoms with Crippen LogP contribution in [0.1, 0.15) is 17.7 Å². The fraction of sp³-hybridized carbons (Fsp3) is 0.556. The number of hydrogen-bond donors (Lipinski definition) is 1. The van der Waals surface area contributed by atoms with E-state index in [9.17, 15) is 8.42 Å². The van der Waals surface area contributed by atoms with Crippen molar-refractivity contribution in [2.24, 2.45) is 5.73 Å². The van der Waals surface area contributed by atoms with E-state index in [2.05, 4.69) is 15.9 Å². The first kappa shape index (κ1) is 12.5. The summed E-state index contributed by atoms with van der Waals surface area (Å²) in [6.45, 7) is 2.33. The molecule has 1 fully saturated rings. The van der Waals surface area contributed by atoms with Gasteiger partial charge in [0.2, 0.25) is 10.0 Å². The summed E-state index contributed by atoms with van der Waals surface area (Å²) in [6, 6.07) is 1.65. The third-order valence-electron chi connectivity index (χ3n) is 2.68. The molecule has 4 nitrogen and oxygen atoms in total. The monoisotopic (exact) mass is 324 g/mol. The average molecular weight is 325 g/mol. The highest BCUT2D eigenvalue weighted by atomic mass is 79.9. The Hall–Kier alpha value is 0.0500. The van der Waals surface area contributed by atoms with Crippen LogP contribution < -0.4 is 5.73 Å². The Morgan fingerprint density at radius 2 is 2.31 bits per heavy atom. The van der Waals surface area contributed by atoms with Crippen LogP contribution in [0.3, 0.4) is 0 Å². The largest absolute Gasteiger partial charge is 0.315 e. The fourth-order valence-electron chi connectivity index (χ4n) is 1.88. The van der Waals surface area contributed by atoms with Crippen LogP contribution in [0, 0.1) is 6.92 Å². The topological polar surface area (TPSA) is 63.4 Å². The fourth-order valence-corrected chi connectivity index (χ4v) is 5.84. The van der Waals surface area contributed by atoms with Gasteiger partial charge in [0.25, 0.3) is 0 Å². The van der Waals surface area contributed by atoms with Gasteiger partial charge in [-0.1, -0.05) is 0 Å². The molecule has 2 rings (SSSR count). The molecule has 7 heteroatoms. The van der Waals surface area contributed by atoms with Gasteiger partial charge in [-0.2, -0.15) is 4.31 Å². The SMILES string of the molecule is Cc1sc(Br)cc1S(=O)(=O)N1CCCC1N. The van der Waals surface area contributed by atoms with Crippen LogP contribution in [-0.4, -0.2) is 25.4 Å². The van der Waals surface area contributed by atoms with Crippen molar-refractivity contribution in [3.63, 3.8) is 0 Å². The van der Waals surface area contributed by atoms with Crippen molar-refractivity contribution in [2.45, 2.75) is 30.8 Å². The number of sulfonamides is 1. The molecule has 1 aromatic heterocycles. The first-order valence-corrected chi connectivity index (χ1v) is 8.01. The van der Waals surface area contributed by atoms with Crippen LogP contribution in [0.4, 0.5) is 0 Å². The van der Waals surface area contributed by atoms with E-state index in [1.54, 1.807) is 6.07 Å². The summed E-state index contributed by atoms with van der Waals surface area (Å²) < 4.78 is 26.8. The Bertz CT molecular complexity index is 498. The van der Waals surface area contributed by atoms with Gasteiger partial charge >= 0.3 is 0 Å². The third-order valence-corrected chi connectivity index (χ3v) is 6.41. The quantitative estimate of drug-likeness (QED) is 0.903. The first-order valence-electron chi connectivity index (χ1n) is 4.96. The van der Waals surface area contributed by atoms with Gasteiger partial charge in [-0.05, 0) is 41.8 Å². The van der Waals surface area contributed by atoms with E-state index in [0.717, 1.165) is 21.5 Å². The van der Waals surface area contributed by atoms with E-state index in [1.165, 1.54) is 15.6 Å². The molecule has 1 aromatic rings. The zero-order valence-electron chi connectivity index (χ0n) is 8.81. The second-order valence-corrected chi connectivity index (χ2v) is 8.29. The van der Waals surface area contributed by atoms with E-state index in [0.29, 0.717) is 11.4 Å². The number of nitrogens with zero attached hydrogens (tertiary/aromatic N) is 1. The summed E-state index contributed by atoms with van der Waals surface area (Å²) in [7, 11) is -3.41. The van der Waals surface area contributed by atoms with Crippen molar-refractivity contribution in [3.05, 3.63) is 14.7 Å². The molecule has 2 heterocycles. The maximum atomic E-state index is 12.3. The van der Waals surface area contributed by atoms with Crippen LogP contribution in [0.2, 0.25) is 0 Å². The van der Waals surface area contributed by atoms with Crippen LogP contribution >= 0.6 is 27.3 Å². The number of nitrogens with two attached hydrogens (primary N) is 1. The standard InChI is InChI=1S/C9H13BrN2O2S2/c1-6-7(5-8(10)15-6)16(13,14)12-4-2-3-9(12)11/h5,9H,2-4,11H2,1H3. The third kappa shape index (κ3) is 2.06. The van der Waals surface area contributed by atoms with Gasteiger partial charge in [0.1, 0.15) is 0 Å². The van der Waals surface area contributed by atoms with Crippen LogP contribution in [0.5, 0.6) is 0 Å². The van der Waals surface area contributed by atoms with Gasteiger partial charge in [0.05, 0.1) is 14.8 Å². The molecule has 0 aromatic carbocycles. The summed E-state index contributed by atoms with van der Waals surface area (Å²) in [5.74, 6) is 0. The molecule has 2 N–H and O–H groups in total. The number of thiophene rings is 1. The Morgan fingerprint density at radius 3 is 2.75 bits per heavy atom. The molecule has 1 unspecified atom stereocenters. The Labute approximate surface area is 108 Å². The minimum Gasteiger partial charge on any atom is -0.315 e. The lowest BCUT2D eigenvalue weighted by atomic mass is 10.3. The number of hydrogen-bond acceptors (Lipinski definition) is 4. The second-order valence-electron chi connectivity index (χ2n) is 3.80. The lowest BCUT2D eigenvalue weighted by molar-refractivity contribution is 0.396. The van der Waals surface area contributed by atoms with Gasteiger partial charge < -0.3 is 5.73 Å². The molecule has 0 radical (unpaired) electrons. The zero-order valence-corrected chi connectivity index (χ0v) is 12.0. The minimum atomic E-state index is -3.41. The molecular weight excluding hydrogens is 312 g/mol. The van der Waals surface area contributed by atoms with Crippen molar-refractivity contribution in [1.82, 2.24) is 4.31 Å². The molecule has 0 saturated carbocycles. The zero-order chi connectivity index (χ0) is 11.9. The molecule has 1 saturated heterocycles. The van der Waals surface area contributed by atoms with Gasteiger partial charge in [0, 0.05) is 11.4 Å². The maximum absolute atomic E-state index is 12.3. The summed E-state index contributed by atoms with van der Waals surface area (Å²) >= 11 is 4.73. The molecular formula is C9H13BrN2O2S2. The van der Waals surface area contributed by atoms with Gasteiger partial charge in [-0.25, -0.2) is 8.42 Å². The van der Waals surface area contributed by atoms with E-state index in [1.807, 2.05) is 6.92 Å². The molecule has 1 atom stereocenters. The van der Waals surface area contributed by atoms with Gasteiger partial charge in [-0.3, -0.25) is 0 Å². The van der Waals surface area contributed by atoms with Crippen molar-refractivity contribution < 1.29 is 8.42 Å². The van der Waals surface area contributed by atoms with Crippen molar-refractivity contribution in [3.8, 4) is 0 Å². The molecule has 90 valence electrons. The lowest BCUT2D eigenvalue weighted by Gasteiger charge is -2.20. The predicted octanol–water partition coefficient (Wildman–Crippen LogP) is 1.89. The molecule has 1 aliphatic rings. The molecule has 1 aliphatic heterocycles. The molecule has 0 amide bonds. The first-order chi connectivity index (χ1) is 7.43. The normalized spacial score (nSPS) is 22.8.